The van der Waals surface area contributed by atoms with Crippen molar-refractivity contribution < 1.29 is 4.42 Å². The van der Waals surface area contributed by atoms with E-state index in [0.717, 1.165) is 37.6 Å². The Morgan fingerprint density at radius 3 is 2.86 bits per heavy atom. The minimum Gasteiger partial charge on any atom is -0.464 e. The molecule has 1 aliphatic rings. The van der Waals surface area contributed by atoms with Gasteiger partial charge in [0.15, 0.2) is 0 Å². The molecule has 0 bridgehead atoms. The third kappa shape index (κ3) is 2.50. The van der Waals surface area contributed by atoms with Gasteiger partial charge in [-0.05, 0) is 12.1 Å². The highest BCUT2D eigenvalue weighted by Crippen LogP contribution is 2.17. The number of furan rings is 1. The highest BCUT2D eigenvalue weighted by Gasteiger charge is 2.16. The van der Waals surface area contributed by atoms with Gasteiger partial charge in [-0.1, -0.05) is 6.92 Å². The van der Waals surface area contributed by atoms with Crippen molar-refractivity contribution in [1.82, 2.24) is 10.6 Å². The highest BCUT2D eigenvalue weighted by molar-refractivity contribution is 5.85. The van der Waals surface area contributed by atoms with Gasteiger partial charge in [-0.3, -0.25) is 0 Å². The monoisotopic (exact) mass is 216 g/mol. The summed E-state index contributed by atoms with van der Waals surface area (Å²) in [6, 6.07) is 4.49. The zero-order valence-corrected chi connectivity index (χ0v) is 9.19. The van der Waals surface area contributed by atoms with Gasteiger partial charge in [-0.15, -0.1) is 12.4 Å². The summed E-state index contributed by atoms with van der Waals surface area (Å²) in [5, 5.41) is 6.75. The molecule has 0 radical (unpaired) electrons. The summed E-state index contributed by atoms with van der Waals surface area (Å²) in [7, 11) is 0. The van der Waals surface area contributed by atoms with E-state index in [-0.39, 0.29) is 12.4 Å². The summed E-state index contributed by atoms with van der Waals surface area (Å²) in [4.78, 5) is 0. The third-order valence-electron chi connectivity index (χ3n) is 2.42. The maximum Gasteiger partial charge on any atom is 0.122 e. The van der Waals surface area contributed by atoms with Crippen LogP contribution in [0.3, 0.4) is 0 Å². The SMILES string of the molecule is CCc1ccc([C@H]2CNCCN2)o1.Cl. The Balaban J connectivity index is 0.000000980. The van der Waals surface area contributed by atoms with E-state index in [1.165, 1.54) is 0 Å². The molecule has 4 heteroatoms. The molecule has 2 heterocycles. The van der Waals surface area contributed by atoms with Crippen molar-refractivity contribution in [2.75, 3.05) is 19.6 Å². The van der Waals surface area contributed by atoms with Gasteiger partial charge in [0.05, 0.1) is 6.04 Å². The molecule has 80 valence electrons. The number of halogens is 1. The minimum atomic E-state index is 0. The van der Waals surface area contributed by atoms with Crippen molar-refractivity contribution in [3.8, 4) is 0 Å². The van der Waals surface area contributed by atoms with E-state index in [9.17, 15) is 0 Å². The lowest BCUT2D eigenvalue weighted by Gasteiger charge is -2.22. The molecule has 0 saturated carbocycles. The standard InChI is InChI=1S/C10H16N2O.ClH/c1-2-8-3-4-10(13-8)9-7-11-5-6-12-9;/h3-4,9,11-12H,2,5-7H2,1H3;1H/t9-;/m1./s1. The van der Waals surface area contributed by atoms with E-state index < -0.39 is 0 Å². The molecule has 0 aliphatic carbocycles. The summed E-state index contributed by atoms with van der Waals surface area (Å²) in [6.07, 6.45) is 0.972. The third-order valence-corrected chi connectivity index (χ3v) is 2.42. The molecule has 0 aromatic carbocycles. The number of aryl methyl sites for hydroxylation is 1. The van der Waals surface area contributed by atoms with Crippen LogP contribution in [0.1, 0.15) is 24.5 Å². The first-order valence-corrected chi connectivity index (χ1v) is 4.93. The van der Waals surface area contributed by atoms with Crippen LogP contribution in [-0.4, -0.2) is 19.6 Å². The fraction of sp³-hybridized carbons (Fsp3) is 0.600. The molecule has 1 saturated heterocycles. The summed E-state index contributed by atoms with van der Waals surface area (Å²) in [5.74, 6) is 2.13. The van der Waals surface area contributed by atoms with Crippen LogP contribution >= 0.6 is 12.4 Å². The summed E-state index contributed by atoms with van der Waals surface area (Å²) in [5.41, 5.74) is 0. The van der Waals surface area contributed by atoms with Crippen LogP contribution in [0.5, 0.6) is 0 Å². The Kier molecular flexibility index (Phi) is 4.45. The van der Waals surface area contributed by atoms with Crippen LogP contribution in [0.4, 0.5) is 0 Å². The van der Waals surface area contributed by atoms with E-state index >= 15 is 0 Å². The van der Waals surface area contributed by atoms with Crippen molar-refractivity contribution in [2.45, 2.75) is 19.4 Å². The molecular formula is C10H17ClN2O. The molecule has 2 N–H and O–H groups in total. The second kappa shape index (κ2) is 5.39. The van der Waals surface area contributed by atoms with E-state index in [2.05, 4.69) is 29.7 Å². The molecule has 1 aliphatic heterocycles. The van der Waals surface area contributed by atoms with Crippen LogP contribution in [-0.2, 0) is 6.42 Å². The predicted molar refractivity (Wildman–Crippen MR) is 58.9 cm³/mol. The van der Waals surface area contributed by atoms with E-state index in [0.29, 0.717) is 6.04 Å². The first-order valence-electron chi connectivity index (χ1n) is 4.93. The average Bonchev–Trinajstić information content (AvgIpc) is 2.67. The fourth-order valence-corrected chi connectivity index (χ4v) is 1.63. The van der Waals surface area contributed by atoms with Crippen molar-refractivity contribution in [3.63, 3.8) is 0 Å². The topological polar surface area (TPSA) is 37.2 Å². The van der Waals surface area contributed by atoms with Gasteiger partial charge in [0.1, 0.15) is 11.5 Å². The normalized spacial score (nSPS) is 21.6. The Hall–Kier alpha value is -0.510. The number of nitrogens with one attached hydrogen (secondary N) is 2. The Labute approximate surface area is 90.7 Å². The van der Waals surface area contributed by atoms with Crippen LogP contribution in [0.2, 0.25) is 0 Å². The number of hydrogen-bond donors (Lipinski definition) is 2. The van der Waals surface area contributed by atoms with Gasteiger partial charge in [0.25, 0.3) is 0 Å². The fourth-order valence-electron chi connectivity index (χ4n) is 1.63. The molecule has 1 aromatic rings. The smallest absolute Gasteiger partial charge is 0.122 e. The van der Waals surface area contributed by atoms with E-state index in [1.54, 1.807) is 0 Å². The number of piperazine rings is 1. The predicted octanol–water partition coefficient (Wildman–Crippen LogP) is 1.50. The lowest BCUT2D eigenvalue weighted by Crippen LogP contribution is -2.42. The second-order valence-corrected chi connectivity index (χ2v) is 3.37. The molecular weight excluding hydrogens is 200 g/mol. The quantitative estimate of drug-likeness (QED) is 0.787. The molecule has 0 spiro atoms. The molecule has 0 amide bonds. The second-order valence-electron chi connectivity index (χ2n) is 3.37. The molecule has 0 unspecified atom stereocenters. The zero-order chi connectivity index (χ0) is 9.10. The van der Waals surface area contributed by atoms with Crippen molar-refractivity contribution >= 4 is 12.4 Å². The van der Waals surface area contributed by atoms with Gasteiger partial charge in [0, 0.05) is 26.1 Å². The highest BCUT2D eigenvalue weighted by atomic mass is 35.5. The number of rotatable bonds is 2. The molecule has 3 nitrogen and oxygen atoms in total. The summed E-state index contributed by atoms with van der Waals surface area (Å²) in [6.45, 7) is 5.15. The minimum absolute atomic E-state index is 0. The molecule has 1 aromatic heterocycles. The van der Waals surface area contributed by atoms with E-state index in [4.69, 9.17) is 4.42 Å². The van der Waals surface area contributed by atoms with Gasteiger partial charge in [-0.2, -0.15) is 0 Å². The van der Waals surface area contributed by atoms with Crippen LogP contribution in [0.25, 0.3) is 0 Å². The molecule has 1 atom stereocenters. The lowest BCUT2D eigenvalue weighted by molar-refractivity contribution is 0.353. The largest absolute Gasteiger partial charge is 0.464 e. The van der Waals surface area contributed by atoms with Gasteiger partial charge in [0.2, 0.25) is 0 Å². The van der Waals surface area contributed by atoms with Gasteiger partial charge < -0.3 is 15.1 Å². The Morgan fingerprint density at radius 1 is 1.43 bits per heavy atom. The average molecular weight is 217 g/mol. The summed E-state index contributed by atoms with van der Waals surface area (Å²) < 4.78 is 5.67. The van der Waals surface area contributed by atoms with Crippen LogP contribution in [0.15, 0.2) is 16.5 Å². The Bertz CT molecular complexity index is 269. The molecule has 1 fully saturated rings. The maximum absolute atomic E-state index is 5.67. The van der Waals surface area contributed by atoms with E-state index in [1.807, 2.05) is 0 Å². The molecule has 14 heavy (non-hydrogen) atoms. The Morgan fingerprint density at radius 2 is 2.29 bits per heavy atom. The molecule has 2 rings (SSSR count). The lowest BCUT2D eigenvalue weighted by atomic mass is 10.2. The van der Waals surface area contributed by atoms with Crippen LogP contribution < -0.4 is 10.6 Å². The zero-order valence-electron chi connectivity index (χ0n) is 8.38. The summed E-state index contributed by atoms with van der Waals surface area (Å²) >= 11 is 0. The van der Waals surface area contributed by atoms with Crippen molar-refractivity contribution in [3.05, 3.63) is 23.7 Å². The van der Waals surface area contributed by atoms with Crippen LogP contribution in [0, 0.1) is 0 Å². The first-order chi connectivity index (χ1) is 6.40. The van der Waals surface area contributed by atoms with Gasteiger partial charge in [-0.25, -0.2) is 0 Å². The van der Waals surface area contributed by atoms with Crippen molar-refractivity contribution in [2.24, 2.45) is 0 Å². The maximum atomic E-state index is 5.67. The van der Waals surface area contributed by atoms with Gasteiger partial charge >= 0.3 is 0 Å². The van der Waals surface area contributed by atoms with Crippen molar-refractivity contribution in [1.29, 1.82) is 0 Å². The number of hydrogen-bond acceptors (Lipinski definition) is 3. The first kappa shape index (κ1) is 11.6.